The van der Waals surface area contributed by atoms with Crippen LogP contribution in [0.5, 0.6) is 5.75 Å². The fraction of sp³-hybridized carbons (Fsp3) is 0.346. The number of quaternary nitrogens is 1. The number of carbonyl (C=O) groups is 1. The minimum absolute atomic E-state index is 0.0363. The Balaban J connectivity index is 1.39. The largest absolute Gasteiger partial charge is 0.495 e. The van der Waals surface area contributed by atoms with Gasteiger partial charge < -0.3 is 19.7 Å². The van der Waals surface area contributed by atoms with Gasteiger partial charge in [0.1, 0.15) is 23.5 Å². The van der Waals surface area contributed by atoms with Crippen LogP contribution in [0.3, 0.4) is 0 Å². The van der Waals surface area contributed by atoms with E-state index in [-0.39, 0.29) is 17.2 Å². The molecule has 1 aliphatic heterocycles. The van der Waals surface area contributed by atoms with Crippen molar-refractivity contribution >= 4 is 55.0 Å². The quantitative estimate of drug-likeness (QED) is 0.258. The van der Waals surface area contributed by atoms with Crippen LogP contribution in [0.4, 0.5) is 5.69 Å². The molecule has 2 N–H and O–H groups in total. The number of anilines is 1. The fourth-order valence-corrected chi connectivity index (χ4v) is 6.33. The molecule has 2 aromatic carbocycles. The average molecular weight is 526 g/mol. The molecule has 3 heterocycles. The van der Waals surface area contributed by atoms with Crippen LogP contribution in [0.25, 0.3) is 20.3 Å². The number of morpholine rings is 1. The van der Waals surface area contributed by atoms with Crippen LogP contribution in [0.15, 0.2) is 58.5 Å². The van der Waals surface area contributed by atoms with Gasteiger partial charge in [0.25, 0.3) is 5.56 Å². The van der Waals surface area contributed by atoms with Gasteiger partial charge in [-0.1, -0.05) is 42.1 Å². The van der Waals surface area contributed by atoms with Gasteiger partial charge in [-0.2, -0.15) is 0 Å². The summed E-state index contributed by atoms with van der Waals surface area (Å²) in [4.78, 5) is 32.8. The molecule has 0 saturated carbocycles. The highest BCUT2D eigenvalue weighted by Crippen LogP contribution is 2.32. The number of thioether (sulfide) groups is 1. The molecule has 36 heavy (non-hydrogen) atoms. The molecule has 0 aliphatic carbocycles. The topological polar surface area (TPSA) is 86.9 Å². The second-order valence-electron chi connectivity index (χ2n) is 8.63. The van der Waals surface area contributed by atoms with E-state index in [0.717, 1.165) is 49.4 Å². The van der Waals surface area contributed by atoms with Gasteiger partial charge >= 0.3 is 0 Å². The number of methoxy groups -OCH3 is 1. The molecule has 1 saturated heterocycles. The molecule has 1 fully saturated rings. The van der Waals surface area contributed by atoms with E-state index in [2.05, 4.69) is 5.32 Å². The third-order valence-corrected chi connectivity index (χ3v) is 8.40. The summed E-state index contributed by atoms with van der Waals surface area (Å²) in [6.45, 7) is 5.09. The molecular weight excluding hydrogens is 496 g/mol. The maximum atomic E-state index is 13.6. The first-order chi connectivity index (χ1) is 17.6. The van der Waals surface area contributed by atoms with E-state index in [0.29, 0.717) is 33.4 Å². The summed E-state index contributed by atoms with van der Waals surface area (Å²) in [5, 5.41) is 4.45. The van der Waals surface area contributed by atoms with Crippen LogP contribution in [0.1, 0.15) is 6.42 Å². The molecule has 4 aromatic rings. The molecular formula is C26H29N4O4S2+. The van der Waals surface area contributed by atoms with E-state index in [1.165, 1.54) is 28.0 Å². The third-order valence-electron chi connectivity index (χ3n) is 6.27. The lowest BCUT2D eigenvalue weighted by Crippen LogP contribution is -3.14. The molecule has 10 heteroatoms. The Kier molecular flexibility index (Phi) is 7.86. The molecule has 0 unspecified atom stereocenters. The van der Waals surface area contributed by atoms with E-state index in [1.54, 1.807) is 23.8 Å². The van der Waals surface area contributed by atoms with Crippen LogP contribution < -0.4 is 20.5 Å². The maximum absolute atomic E-state index is 13.6. The van der Waals surface area contributed by atoms with Crippen molar-refractivity contribution in [1.29, 1.82) is 0 Å². The predicted molar refractivity (Wildman–Crippen MR) is 145 cm³/mol. The van der Waals surface area contributed by atoms with Crippen LogP contribution >= 0.6 is 23.1 Å². The van der Waals surface area contributed by atoms with Gasteiger partial charge in [-0.3, -0.25) is 14.2 Å². The van der Waals surface area contributed by atoms with Crippen molar-refractivity contribution < 1.29 is 19.2 Å². The molecule has 8 nitrogen and oxygen atoms in total. The summed E-state index contributed by atoms with van der Waals surface area (Å²) in [6.07, 6.45) is 0.855. The second kappa shape index (κ2) is 11.4. The number of amides is 1. The highest BCUT2D eigenvalue weighted by molar-refractivity contribution is 7.99. The van der Waals surface area contributed by atoms with Crippen molar-refractivity contribution in [3.05, 3.63) is 58.9 Å². The lowest BCUT2D eigenvalue weighted by atomic mass is 10.2. The number of rotatable bonds is 9. The third kappa shape index (κ3) is 5.41. The lowest BCUT2D eigenvalue weighted by Gasteiger charge is -2.23. The summed E-state index contributed by atoms with van der Waals surface area (Å²) in [7, 11) is 1.57. The fourth-order valence-electron chi connectivity index (χ4n) is 4.42. The molecule has 2 aromatic heterocycles. The zero-order valence-electron chi connectivity index (χ0n) is 20.1. The summed E-state index contributed by atoms with van der Waals surface area (Å²) >= 11 is 2.77. The first kappa shape index (κ1) is 24.8. The summed E-state index contributed by atoms with van der Waals surface area (Å²) in [6, 6.07) is 15.2. The Labute approximate surface area is 217 Å². The van der Waals surface area contributed by atoms with E-state index in [9.17, 15) is 9.59 Å². The first-order valence-electron chi connectivity index (χ1n) is 12.0. The molecule has 0 atom stereocenters. The molecule has 0 bridgehead atoms. The minimum atomic E-state index is -0.182. The zero-order chi connectivity index (χ0) is 24.9. The zero-order valence-corrected chi connectivity index (χ0v) is 21.8. The highest BCUT2D eigenvalue weighted by Gasteiger charge is 2.19. The molecule has 5 rings (SSSR count). The van der Waals surface area contributed by atoms with Crippen molar-refractivity contribution in [2.45, 2.75) is 18.1 Å². The number of fused-ring (bicyclic) bond motifs is 3. The van der Waals surface area contributed by atoms with E-state index in [4.69, 9.17) is 14.5 Å². The Morgan fingerprint density at radius 1 is 1.19 bits per heavy atom. The number of nitrogens with zero attached hydrogens (tertiary/aromatic N) is 2. The Morgan fingerprint density at radius 3 is 2.81 bits per heavy atom. The van der Waals surface area contributed by atoms with E-state index >= 15 is 0 Å². The summed E-state index contributed by atoms with van der Waals surface area (Å²) in [5.74, 6) is 0.549. The standard InChI is InChI=1S/C26H28N4O4S2/c1-33-20-9-4-3-8-19(20)27-22(31)17-35-26-28-23-18-7-2-5-10-21(18)36-24(23)25(32)30(26)12-6-11-29-13-15-34-16-14-29/h2-5,7-10H,6,11-17H2,1H3,(H,27,31)/p+1. The van der Waals surface area contributed by atoms with Crippen LogP contribution in [-0.2, 0) is 16.1 Å². The Morgan fingerprint density at radius 2 is 1.97 bits per heavy atom. The SMILES string of the molecule is COc1ccccc1NC(=O)CSc1nc2c(sc3ccccc32)c(=O)n1CCC[NH+]1CCOCC1. The molecule has 0 radical (unpaired) electrons. The molecule has 188 valence electrons. The van der Waals surface area contributed by atoms with Gasteiger partial charge in [-0.25, -0.2) is 4.98 Å². The summed E-state index contributed by atoms with van der Waals surface area (Å²) < 4.78 is 14.2. The number of nitrogens with one attached hydrogen (secondary N) is 2. The predicted octanol–water partition coefficient (Wildman–Crippen LogP) is 2.66. The van der Waals surface area contributed by atoms with E-state index < -0.39 is 0 Å². The number of thiophene rings is 1. The van der Waals surface area contributed by atoms with Gasteiger partial charge in [0, 0.05) is 23.1 Å². The van der Waals surface area contributed by atoms with Gasteiger partial charge in [0.05, 0.1) is 43.8 Å². The molecule has 0 spiro atoms. The second-order valence-corrected chi connectivity index (χ2v) is 10.6. The average Bonchev–Trinajstić information content (AvgIpc) is 3.29. The van der Waals surface area contributed by atoms with Crippen molar-refractivity contribution in [3.63, 3.8) is 0 Å². The number of carbonyl (C=O) groups excluding carboxylic acids is 1. The number of aromatic nitrogens is 2. The highest BCUT2D eigenvalue weighted by atomic mass is 32.2. The van der Waals surface area contributed by atoms with E-state index in [1.807, 2.05) is 36.4 Å². The van der Waals surface area contributed by atoms with Gasteiger partial charge in [0.15, 0.2) is 5.16 Å². The van der Waals surface area contributed by atoms with Crippen LogP contribution in [-0.4, -0.2) is 61.2 Å². The number of ether oxygens (including phenoxy) is 2. The van der Waals surface area contributed by atoms with Gasteiger partial charge in [-0.05, 0) is 18.2 Å². The first-order valence-corrected chi connectivity index (χ1v) is 13.8. The number of hydrogen-bond donors (Lipinski definition) is 2. The number of benzene rings is 2. The van der Waals surface area contributed by atoms with Gasteiger partial charge in [0.2, 0.25) is 5.91 Å². The number of para-hydroxylation sites is 2. The van der Waals surface area contributed by atoms with Gasteiger partial charge in [-0.15, -0.1) is 11.3 Å². The smallest absolute Gasteiger partial charge is 0.272 e. The molecule has 1 aliphatic rings. The Bertz CT molecular complexity index is 1430. The van der Waals surface area contributed by atoms with Crippen molar-refractivity contribution in [1.82, 2.24) is 9.55 Å². The lowest BCUT2D eigenvalue weighted by molar-refractivity contribution is -0.908. The minimum Gasteiger partial charge on any atom is -0.495 e. The van der Waals surface area contributed by atoms with Crippen LogP contribution in [0.2, 0.25) is 0 Å². The van der Waals surface area contributed by atoms with Crippen LogP contribution in [0, 0.1) is 0 Å². The maximum Gasteiger partial charge on any atom is 0.272 e. The molecule has 1 amide bonds. The van der Waals surface area contributed by atoms with Crippen molar-refractivity contribution in [2.75, 3.05) is 51.0 Å². The number of hydrogen-bond acceptors (Lipinski definition) is 7. The monoisotopic (exact) mass is 525 g/mol. The normalized spacial score (nSPS) is 14.4. The van der Waals surface area contributed by atoms with Crippen molar-refractivity contribution in [3.8, 4) is 5.75 Å². The Hall–Kier alpha value is -2.92. The summed E-state index contributed by atoms with van der Waals surface area (Å²) in [5.41, 5.74) is 1.29. The van der Waals surface area contributed by atoms with Crippen molar-refractivity contribution in [2.24, 2.45) is 0 Å².